The van der Waals surface area contributed by atoms with Gasteiger partial charge in [-0.25, -0.2) is 9.78 Å². The summed E-state index contributed by atoms with van der Waals surface area (Å²) in [5.41, 5.74) is 4.20. The van der Waals surface area contributed by atoms with Gasteiger partial charge in [0, 0.05) is 28.1 Å². The fraction of sp³-hybridized carbons (Fsp3) is 0.0435. The van der Waals surface area contributed by atoms with E-state index in [9.17, 15) is 4.79 Å². The van der Waals surface area contributed by atoms with Crippen molar-refractivity contribution in [2.75, 3.05) is 0 Å². The van der Waals surface area contributed by atoms with Crippen LogP contribution in [0.2, 0.25) is 0 Å². The zero-order chi connectivity index (χ0) is 19.1. The number of rotatable bonds is 3. The second-order valence-corrected chi connectivity index (χ2v) is 7.62. The van der Waals surface area contributed by atoms with Gasteiger partial charge >= 0.3 is 5.63 Å². The SMILES string of the molecule is Cc1ccn2c(Sc3cc(=O)oc4ccccc34)c(-c3ccccc3)nc2c1. The summed E-state index contributed by atoms with van der Waals surface area (Å²) in [6, 6.07) is 23.4. The highest BCUT2D eigenvalue weighted by atomic mass is 32.2. The first-order chi connectivity index (χ1) is 13.7. The molecule has 3 aromatic heterocycles. The summed E-state index contributed by atoms with van der Waals surface area (Å²) in [4.78, 5) is 17.8. The first kappa shape index (κ1) is 16.8. The number of hydrogen-bond donors (Lipinski definition) is 0. The number of fused-ring (bicyclic) bond motifs is 2. The van der Waals surface area contributed by atoms with Crippen LogP contribution in [0.25, 0.3) is 27.9 Å². The Morgan fingerprint density at radius 3 is 2.61 bits per heavy atom. The van der Waals surface area contributed by atoms with Crippen molar-refractivity contribution < 1.29 is 4.42 Å². The highest BCUT2D eigenvalue weighted by Gasteiger charge is 2.17. The lowest BCUT2D eigenvalue weighted by molar-refractivity contribution is 0.557. The molecule has 0 radical (unpaired) electrons. The highest BCUT2D eigenvalue weighted by molar-refractivity contribution is 7.99. The molecule has 136 valence electrons. The van der Waals surface area contributed by atoms with Gasteiger partial charge in [-0.3, -0.25) is 4.40 Å². The van der Waals surface area contributed by atoms with E-state index in [0.29, 0.717) is 5.58 Å². The fourth-order valence-electron chi connectivity index (χ4n) is 3.28. The van der Waals surface area contributed by atoms with E-state index in [1.807, 2.05) is 48.7 Å². The number of imidazole rings is 1. The van der Waals surface area contributed by atoms with Crippen LogP contribution in [0.5, 0.6) is 0 Å². The van der Waals surface area contributed by atoms with E-state index in [4.69, 9.17) is 9.40 Å². The van der Waals surface area contributed by atoms with Crippen molar-refractivity contribution in [1.82, 2.24) is 9.38 Å². The molecular weight excluding hydrogens is 368 g/mol. The van der Waals surface area contributed by atoms with Crippen LogP contribution >= 0.6 is 11.8 Å². The Hall–Kier alpha value is -3.31. The lowest BCUT2D eigenvalue weighted by atomic mass is 10.2. The van der Waals surface area contributed by atoms with Crippen molar-refractivity contribution in [1.29, 1.82) is 0 Å². The quantitative estimate of drug-likeness (QED) is 0.382. The Kier molecular flexibility index (Phi) is 4.02. The summed E-state index contributed by atoms with van der Waals surface area (Å²) in [5, 5.41) is 1.88. The monoisotopic (exact) mass is 384 g/mol. The lowest BCUT2D eigenvalue weighted by Crippen LogP contribution is -1.97. The molecule has 5 heteroatoms. The minimum atomic E-state index is -0.355. The Morgan fingerprint density at radius 2 is 1.75 bits per heavy atom. The van der Waals surface area contributed by atoms with Crippen LogP contribution in [-0.2, 0) is 0 Å². The Labute approximate surface area is 165 Å². The van der Waals surface area contributed by atoms with Crippen molar-refractivity contribution in [3.63, 3.8) is 0 Å². The molecule has 0 N–H and O–H groups in total. The number of aromatic nitrogens is 2. The third-order valence-corrected chi connectivity index (χ3v) is 5.74. The van der Waals surface area contributed by atoms with Gasteiger partial charge in [0.2, 0.25) is 0 Å². The number of hydrogen-bond acceptors (Lipinski definition) is 4. The van der Waals surface area contributed by atoms with E-state index < -0.39 is 0 Å². The van der Waals surface area contributed by atoms with Gasteiger partial charge in [0.05, 0.1) is 0 Å². The zero-order valence-electron chi connectivity index (χ0n) is 15.1. The smallest absolute Gasteiger partial charge is 0.337 e. The van der Waals surface area contributed by atoms with Crippen LogP contribution < -0.4 is 5.63 Å². The number of benzene rings is 2. The van der Waals surface area contributed by atoms with Gasteiger partial charge in [0.25, 0.3) is 0 Å². The average Bonchev–Trinajstić information content (AvgIpc) is 3.06. The van der Waals surface area contributed by atoms with Crippen LogP contribution in [0, 0.1) is 6.92 Å². The molecule has 0 aliphatic carbocycles. The minimum Gasteiger partial charge on any atom is -0.423 e. The van der Waals surface area contributed by atoms with E-state index in [-0.39, 0.29) is 5.63 Å². The van der Waals surface area contributed by atoms with Gasteiger partial charge in [-0.2, -0.15) is 0 Å². The molecule has 0 bridgehead atoms. The van der Waals surface area contributed by atoms with Crippen LogP contribution in [-0.4, -0.2) is 9.38 Å². The van der Waals surface area contributed by atoms with Gasteiger partial charge in [-0.05, 0) is 30.7 Å². The summed E-state index contributed by atoms with van der Waals surface area (Å²) in [5.74, 6) is 0. The number of nitrogens with zero attached hydrogens (tertiary/aromatic N) is 2. The molecule has 0 saturated carbocycles. The predicted molar refractivity (Wildman–Crippen MR) is 112 cm³/mol. The van der Waals surface area contributed by atoms with Gasteiger partial charge in [-0.15, -0.1) is 0 Å². The van der Waals surface area contributed by atoms with E-state index in [0.717, 1.165) is 37.8 Å². The predicted octanol–water partition coefficient (Wildman–Crippen LogP) is 5.57. The summed E-state index contributed by atoms with van der Waals surface area (Å²) < 4.78 is 7.42. The fourth-order valence-corrected chi connectivity index (χ4v) is 4.43. The van der Waals surface area contributed by atoms with E-state index in [2.05, 4.69) is 35.6 Å². The maximum absolute atomic E-state index is 12.1. The van der Waals surface area contributed by atoms with E-state index >= 15 is 0 Å². The van der Waals surface area contributed by atoms with E-state index in [1.165, 1.54) is 11.8 Å². The summed E-state index contributed by atoms with van der Waals surface area (Å²) in [6.45, 7) is 2.06. The zero-order valence-corrected chi connectivity index (χ0v) is 15.9. The largest absolute Gasteiger partial charge is 0.423 e. The van der Waals surface area contributed by atoms with Crippen LogP contribution in [0.15, 0.2) is 98.1 Å². The molecule has 0 aliphatic rings. The molecule has 3 heterocycles. The molecular formula is C23H16N2O2S. The maximum Gasteiger partial charge on any atom is 0.337 e. The van der Waals surface area contributed by atoms with Crippen molar-refractivity contribution in [2.45, 2.75) is 16.8 Å². The molecule has 0 aliphatic heterocycles. The molecule has 0 atom stereocenters. The third kappa shape index (κ3) is 2.90. The normalized spacial score (nSPS) is 11.3. The molecule has 0 unspecified atom stereocenters. The first-order valence-corrected chi connectivity index (χ1v) is 9.75. The first-order valence-electron chi connectivity index (χ1n) is 8.94. The van der Waals surface area contributed by atoms with Gasteiger partial charge in [0.15, 0.2) is 0 Å². The van der Waals surface area contributed by atoms with Crippen molar-refractivity contribution >= 4 is 28.4 Å². The van der Waals surface area contributed by atoms with Crippen molar-refractivity contribution in [2.24, 2.45) is 0 Å². The Morgan fingerprint density at radius 1 is 0.964 bits per heavy atom. The number of aryl methyl sites for hydroxylation is 1. The molecule has 0 saturated heterocycles. The molecule has 0 fully saturated rings. The third-order valence-electron chi connectivity index (χ3n) is 4.60. The van der Waals surface area contributed by atoms with Gasteiger partial charge < -0.3 is 4.42 Å². The highest BCUT2D eigenvalue weighted by Crippen LogP contribution is 2.38. The molecule has 4 nitrogen and oxygen atoms in total. The Bertz CT molecular complexity index is 1370. The van der Waals surface area contributed by atoms with Crippen LogP contribution in [0.1, 0.15) is 5.56 Å². The Balaban J connectivity index is 1.76. The van der Waals surface area contributed by atoms with Crippen LogP contribution in [0.3, 0.4) is 0 Å². The lowest BCUT2D eigenvalue weighted by Gasteiger charge is -2.07. The summed E-state index contributed by atoms with van der Waals surface area (Å²) >= 11 is 1.54. The average molecular weight is 384 g/mol. The van der Waals surface area contributed by atoms with Gasteiger partial charge in [0.1, 0.15) is 22.0 Å². The molecule has 2 aromatic carbocycles. The molecule has 0 spiro atoms. The second kappa shape index (κ2) is 6.69. The van der Waals surface area contributed by atoms with Crippen molar-refractivity contribution in [3.8, 4) is 11.3 Å². The molecule has 28 heavy (non-hydrogen) atoms. The number of pyridine rings is 1. The summed E-state index contributed by atoms with van der Waals surface area (Å²) in [6.07, 6.45) is 2.03. The molecule has 5 aromatic rings. The standard InChI is InChI=1S/C23H16N2O2S/c1-15-11-12-25-20(13-15)24-22(16-7-3-2-4-8-16)23(25)28-19-14-21(26)27-18-10-6-5-9-17(18)19/h2-14H,1H3. The maximum atomic E-state index is 12.1. The van der Waals surface area contributed by atoms with E-state index in [1.54, 1.807) is 6.07 Å². The number of para-hydroxylation sites is 1. The molecule has 5 rings (SSSR count). The van der Waals surface area contributed by atoms with Crippen molar-refractivity contribution in [3.05, 3.63) is 95.0 Å². The summed E-state index contributed by atoms with van der Waals surface area (Å²) in [7, 11) is 0. The van der Waals surface area contributed by atoms with Gasteiger partial charge in [-0.1, -0.05) is 60.3 Å². The van der Waals surface area contributed by atoms with Crippen LogP contribution in [0.4, 0.5) is 0 Å². The molecule has 0 amide bonds. The minimum absolute atomic E-state index is 0.355. The topological polar surface area (TPSA) is 47.5 Å². The second-order valence-electron chi connectivity index (χ2n) is 6.59.